The van der Waals surface area contributed by atoms with Crippen LogP contribution in [0.3, 0.4) is 0 Å². The number of nitrogens with zero attached hydrogens (tertiary/aromatic N) is 1. The molecule has 3 fully saturated rings. The minimum atomic E-state index is -0.977. The number of hydrogen-bond acceptors (Lipinski definition) is 3. The number of fused-ring (bicyclic) bond motifs is 3. The number of nitrogens with one attached hydrogen (secondary N) is 1. The molecule has 132 valence electrons. The molecule has 4 nitrogen and oxygen atoms in total. The minimum absolute atomic E-state index is 0.00949. The van der Waals surface area contributed by atoms with Crippen LogP contribution in [0.2, 0.25) is 0 Å². The number of rotatable bonds is 3. The fourth-order valence-corrected chi connectivity index (χ4v) is 4.07. The second-order valence-electron chi connectivity index (χ2n) is 6.88. The van der Waals surface area contributed by atoms with Gasteiger partial charge in [-0.2, -0.15) is 0 Å². The van der Waals surface area contributed by atoms with Crippen LogP contribution in [0, 0.1) is 17.6 Å². The molecule has 1 aromatic heterocycles. The Morgan fingerprint density at radius 2 is 1.96 bits per heavy atom. The van der Waals surface area contributed by atoms with Gasteiger partial charge in [0.05, 0.1) is 5.56 Å². The lowest BCUT2D eigenvalue weighted by Gasteiger charge is -2.49. The van der Waals surface area contributed by atoms with E-state index < -0.39 is 11.6 Å². The highest BCUT2D eigenvalue weighted by Crippen LogP contribution is 2.32. The molecule has 25 heavy (non-hydrogen) atoms. The van der Waals surface area contributed by atoms with Crippen molar-refractivity contribution in [3.8, 4) is 11.3 Å². The number of amides is 1. The number of hydrogen-bond donors (Lipinski definition) is 1. The summed E-state index contributed by atoms with van der Waals surface area (Å²) in [5, 5.41) is 3.06. The smallest absolute Gasteiger partial charge is 0.287 e. The van der Waals surface area contributed by atoms with Crippen molar-refractivity contribution in [2.24, 2.45) is 5.92 Å². The van der Waals surface area contributed by atoms with Crippen LogP contribution in [0.5, 0.6) is 0 Å². The molecule has 2 bridgehead atoms. The van der Waals surface area contributed by atoms with Gasteiger partial charge in [0.25, 0.3) is 5.91 Å². The molecule has 0 unspecified atom stereocenters. The first-order chi connectivity index (χ1) is 12.0. The largest absolute Gasteiger partial charge is 0.451 e. The monoisotopic (exact) mass is 346 g/mol. The quantitative estimate of drug-likeness (QED) is 0.926. The van der Waals surface area contributed by atoms with E-state index in [0.717, 1.165) is 32.0 Å². The first-order valence-corrected chi connectivity index (χ1v) is 8.63. The molecule has 1 aromatic carbocycles. The van der Waals surface area contributed by atoms with Crippen molar-refractivity contribution < 1.29 is 18.0 Å². The molecule has 1 N–H and O–H groups in total. The Bertz CT molecular complexity index is 794. The van der Waals surface area contributed by atoms with E-state index in [1.54, 1.807) is 0 Å². The average Bonchev–Trinajstić information content (AvgIpc) is 3.11. The zero-order chi connectivity index (χ0) is 17.6. The lowest BCUT2D eigenvalue weighted by Crippen LogP contribution is -2.62. The molecule has 0 spiro atoms. The van der Waals surface area contributed by atoms with Crippen LogP contribution in [0.25, 0.3) is 11.3 Å². The number of furan rings is 1. The van der Waals surface area contributed by atoms with Gasteiger partial charge >= 0.3 is 0 Å². The maximum atomic E-state index is 13.9. The fourth-order valence-electron chi connectivity index (χ4n) is 4.07. The third kappa shape index (κ3) is 2.84. The molecule has 6 heteroatoms. The average molecular weight is 346 g/mol. The van der Waals surface area contributed by atoms with Gasteiger partial charge in [-0.25, -0.2) is 8.78 Å². The number of piperidine rings is 3. The van der Waals surface area contributed by atoms with Gasteiger partial charge in [-0.3, -0.25) is 9.69 Å². The molecule has 3 aliphatic rings. The van der Waals surface area contributed by atoms with Crippen LogP contribution >= 0.6 is 0 Å². The van der Waals surface area contributed by atoms with Crippen molar-refractivity contribution in [1.82, 2.24) is 10.2 Å². The van der Waals surface area contributed by atoms with Gasteiger partial charge in [0.15, 0.2) is 17.4 Å². The summed E-state index contributed by atoms with van der Waals surface area (Å²) in [6.07, 6.45) is 2.18. The fraction of sp³-hybridized carbons (Fsp3) is 0.421. The normalized spacial score (nSPS) is 28.1. The molecule has 0 aliphatic carbocycles. The van der Waals surface area contributed by atoms with Crippen LogP contribution in [-0.4, -0.2) is 36.0 Å². The molecule has 3 aliphatic heterocycles. The summed E-state index contributed by atoms with van der Waals surface area (Å²) in [5.74, 6) is -1.49. The van der Waals surface area contributed by atoms with Crippen molar-refractivity contribution in [3.63, 3.8) is 0 Å². The zero-order valence-electron chi connectivity index (χ0n) is 14.0. The Hall–Kier alpha value is -2.21. The maximum absolute atomic E-state index is 13.9. The van der Waals surface area contributed by atoms with Crippen molar-refractivity contribution in [3.05, 3.63) is 47.7 Å². The van der Waals surface area contributed by atoms with Crippen LogP contribution in [0.1, 0.15) is 30.3 Å². The highest BCUT2D eigenvalue weighted by Gasteiger charge is 2.40. The Labute approximate surface area is 144 Å². The molecule has 2 atom stereocenters. The van der Waals surface area contributed by atoms with Crippen molar-refractivity contribution in [1.29, 1.82) is 0 Å². The molecule has 0 saturated carbocycles. The molecule has 2 aromatic rings. The second kappa shape index (κ2) is 6.26. The van der Waals surface area contributed by atoms with Gasteiger partial charge in [0, 0.05) is 12.1 Å². The third-order valence-corrected chi connectivity index (χ3v) is 5.52. The summed E-state index contributed by atoms with van der Waals surface area (Å²) in [5.41, 5.74) is 0.00949. The molecule has 4 heterocycles. The van der Waals surface area contributed by atoms with Crippen LogP contribution in [0.15, 0.2) is 34.7 Å². The van der Waals surface area contributed by atoms with Gasteiger partial charge in [-0.1, -0.05) is 6.07 Å². The minimum Gasteiger partial charge on any atom is -0.451 e. The topological polar surface area (TPSA) is 45.5 Å². The van der Waals surface area contributed by atoms with Crippen molar-refractivity contribution in [2.75, 3.05) is 13.1 Å². The van der Waals surface area contributed by atoms with E-state index in [9.17, 15) is 13.6 Å². The van der Waals surface area contributed by atoms with E-state index in [1.807, 2.05) is 0 Å². The van der Waals surface area contributed by atoms with Crippen molar-refractivity contribution >= 4 is 5.91 Å². The summed E-state index contributed by atoms with van der Waals surface area (Å²) in [6.45, 7) is 4.30. The van der Waals surface area contributed by atoms with E-state index >= 15 is 0 Å². The predicted octanol–water partition coefficient (Wildman–Crippen LogP) is 3.44. The lowest BCUT2D eigenvalue weighted by atomic mass is 9.79. The van der Waals surface area contributed by atoms with Gasteiger partial charge in [0.1, 0.15) is 5.76 Å². The van der Waals surface area contributed by atoms with Gasteiger partial charge in [-0.15, -0.1) is 0 Å². The summed E-state index contributed by atoms with van der Waals surface area (Å²) in [6, 6.07) is 7.26. The van der Waals surface area contributed by atoms with E-state index in [-0.39, 0.29) is 29.0 Å². The molecular weight excluding hydrogens is 326 g/mol. The first kappa shape index (κ1) is 16.3. The van der Waals surface area contributed by atoms with E-state index in [2.05, 4.69) is 17.1 Å². The molecule has 0 radical (unpaired) electrons. The Kier molecular flexibility index (Phi) is 4.07. The number of benzene rings is 1. The Morgan fingerprint density at radius 1 is 1.20 bits per heavy atom. The molecular formula is C19H20F2N2O2. The number of halogens is 2. The highest BCUT2D eigenvalue weighted by atomic mass is 19.2. The zero-order valence-corrected chi connectivity index (χ0v) is 14.0. The second-order valence-corrected chi connectivity index (χ2v) is 6.88. The Morgan fingerprint density at radius 3 is 2.68 bits per heavy atom. The first-order valence-electron chi connectivity index (χ1n) is 8.63. The highest BCUT2D eigenvalue weighted by molar-refractivity contribution is 5.92. The summed E-state index contributed by atoms with van der Waals surface area (Å²) < 4.78 is 32.7. The molecule has 3 saturated heterocycles. The lowest BCUT2D eigenvalue weighted by molar-refractivity contribution is 0.0211. The van der Waals surface area contributed by atoms with E-state index in [0.29, 0.717) is 12.0 Å². The Balaban J connectivity index is 1.52. The summed E-state index contributed by atoms with van der Waals surface area (Å²) in [7, 11) is 0. The third-order valence-electron chi connectivity index (χ3n) is 5.52. The van der Waals surface area contributed by atoms with Gasteiger partial charge in [0.2, 0.25) is 0 Å². The number of carbonyl (C=O) groups excluding carboxylic acids is 1. The summed E-state index contributed by atoms with van der Waals surface area (Å²) in [4.78, 5) is 14.9. The van der Waals surface area contributed by atoms with E-state index in [1.165, 1.54) is 24.3 Å². The number of carbonyl (C=O) groups is 1. The molecule has 5 rings (SSSR count). The standard InChI is InChI=1S/C19H20F2N2O2/c1-11-18(12-7-9-23(11)10-8-12)22-19(24)16-6-5-15(25-16)13-3-2-4-14(20)17(13)21/h2-6,11-12,18H,7-10H2,1H3,(H,22,24)/t11-,18+/m1/s1. The van der Waals surface area contributed by atoms with Gasteiger partial charge < -0.3 is 9.73 Å². The van der Waals surface area contributed by atoms with Gasteiger partial charge in [-0.05, 0) is 63.0 Å². The molecule has 1 amide bonds. The predicted molar refractivity (Wildman–Crippen MR) is 89.1 cm³/mol. The van der Waals surface area contributed by atoms with E-state index in [4.69, 9.17) is 4.42 Å². The maximum Gasteiger partial charge on any atom is 0.287 e. The van der Waals surface area contributed by atoms with Crippen LogP contribution in [-0.2, 0) is 0 Å². The van der Waals surface area contributed by atoms with Crippen LogP contribution in [0.4, 0.5) is 8.78 Å². The van der Waals surface area contributed by atoms with Crippen LogP contribution < -0.4 is 5.32 Å². The van der Waals surface area contributed by atoms with Crippen molar-refractivity contribution in [2.45, 2.75) is 31.8 Å². The summed E-state index contributed by atoms with van der Waals surface area (Å²) >= 11 is 0. The SMILES string of the molecule is C[C@@H]1[C@H](NC(=O)c2ccc(-c3cccc(F)c3F)o2)C2CCN1CC2.